The normalized spacial score (nSPS) is 12.4. The maximum absolute atomic E-state index is 11.4. The van der Waals surface area contributed by atoms with Gasteiger partial charge in [-0.15, -0.1) is 0 Å². The lowest BCUT2D eigenvalue weighted by Gasteiger charge is -2.16. The number of rotatable bonds is 6. The largest absolute Gasteiger partial charge is 0.507 e. The van der Waals surface area contributed by atoms with Crippen molar-refractivity contribution in [2.45, 2.75) is 6.42 Å². The molecule has 0 unspecified atom stereocenters. The Balaban J connectivity index is 1.09. The second-order valence-electron chi connectivity index (χ2n) is 16.8. The van der Waals surface area contributed by atoms with E-state index in [0.717, 1.165) is 84.0 Å². The minimum Gasteiger partial charge on any atom is -0.507 e. The van der Waals surface area contributed by atoms with E-state index in [0.29, 0.717) is 17.5 Å². The van der Waals surface area contributed by atoms with Crippen molar-refractivity contribution in [3.05, 3.63) is 199 Å². The van der Waals surface area contributed by atoms with Crippen molar-refractivity contribution < 1.29 is 9.52 Å². The number of aromatic hydroxyl groups is 1. The highest BCUT2D eigenvalue weighted by Gasteiger charge is 2.34. The molecular weight excluding hydrogens is 785 g/mol. The Bertz CT molecular complexity index is 3970. The van der Waals surface area contributed by atoms with Gasteiger partial charge in [0.1, 0.15) is 16.9 Å². The van der Waals surface area contributed by atoms with Crippen molar-refractivity contribution in [3.8, 4) is 67.9 Å². The number of fused-ring (bicyclic) bond motifs is 7. The molecule has 0 radical (unpaired) electrons. The number of phenolic OH excluding ortho intramolecular Hbond substituents is 1. The van der Waals surface area contributed by atoms with Gasteiger partial charge in [0, 0.05) is 50.2 Å². The number of hydrogen-bond donors (Lipinski definition) is 1. The zero-order valence-corrected chi connectivity index (χ0v) is 34.2. The average Bonchev–Trinajstić information content (AvgIpc) is 3.96. The van der Waals surface area contributed by atoms with Crippen molar-refractivity contribution >= 4 is 65.3 Å². The summed E-state index contributed by atoms with van der Waals surface area (Å²) in [6.07, 6.45) is 0.770. The van der Waals surface area contributed by atoms with E-state index in [9.17, 15) is 5.11 Å². The summed E-state index contributed by atoms with van der Waals surface area (Å²) in [7, 11) is 0. The first kappa shape index (κ1) is 35.0. The maximum Gasteiger partial charge on any atom is 0.166 e. The molecule has 13 aromatic rings. The summed E-state index contributed by atoms with van der Waals surface area (Å²) in [5, 5.41) is 20.7. The predicted molar refractivity (Wildman–Crippen MR) is 259 cm³/mol. The Kier molecular flexibility index (Phi) is 7.22. The van der Waals surface area contributed by atoms with Gasteiger partial charge in [-0.05, 0) is 85.8 Å². The number of para-hydroxylation sites is 2. The average molecular weight is 819 g/mol. The fourth-order valence-electron chi connectivity index (χ4n) is 10.3. The second kappa shape index (κ2) is 13.2. The van der Waals surface area contributed by atoms with Crippen LogP contribution in [-0.2, 0) is 6.42 Å². The van der Waals surface area contributed by atoms with E-state index in [1.54, 1.807) is 6.07 Å². The van der Waals surface area contributed by atoms with Crippen LogP contribution in [-0.4, -0.2) is 24.6 Å². The van der Waals surface area contributed by atoms with Crippen molar-refractivity contribution in [3.63, 3.8) is 0 Å². The third-order valence-electron chi connectivity index (χ3n) is 13.3. The summed E-state index contributed by atoms with van der Waals surface area (Å²) in [6.45, 7) is 0. The van der Waals surface area contributed by atoms with Crippen LogP contribution in [0.25, 0.3) is 127 Å². The molecule has 1 aliphatic carbocycles. The summed E-state index contributed by atoms with van der Waals surface area (Å²) < 4.78 is 8.84. The van der Waals surface area contributed by atoms with E-state index >= 15 is 0 Å². The van der Waals surface area contributed by atoms with Crippen LogP contribution in [0.3, 0.4) is 0 Å². The van der Waals surface area contributed by atoms with E-state index in [-0.39, 0.29) is 5.75 Å². The molecule has 64 heavy (non-hydrogen) atoms. The van der Waals surface area contributed by atoms with Gasteiger partial charge < -0.3 is 14.1 Å². The van der Waals surface area contributed by atoms with Crippen LogP contribution < -0.4 is 0 Å². The van der Waals surface area contributed by atoms with Gasteiger partial charge in [0.05, 0.1) is 16.7 Å². The highest BCUT2D eigenvalue weighted by molar-refractivity contribution is 6.34. The summed E-state index contributed by atoms with van der Waals surface area (Å²) in [5.41, 5.74) is 13.9. The van der Waals surface area contributed by atoms with Gasteiger partial charge >= 0.3 is 0 Å². The van der Waals surface area contributed by atoms with Crippen molar-refractivity contribution in [2.75, 3.05) is 0 Å². The molecule has 0 spiro atoms. The number of aromatic nitrogens is 4. The van der Waals surface area contributed by atoms with Gasteiger partial charge in [0.25, 0.3) is 0 Å². The van der Waals surface area contributed by atoms with Crippen molar-refractivity contribution in [1.82, 2.24) is 19.5 Å². The SMILES string of the molecule is Oc1ccccc1-c1cc(-c2nc(-c3ccc(-c4ccccc4)cc3)nc(-c3cccc4oc5ccccc5c34)n2)c(-n2c3cccc4c5ccccc5c5cccc2c5c43)c2c1C2. The number of hydrogen-bond acceptors (Lipinski definition) is 5. The monoisotopic (exact) mass is 818 g/mol. The predicted octanol–water partition coefficient (Wildman–Crippen LogP) is 14.6. The quantitative estimate of drug-likeness (QED) is 0.169. The molecule has 14 rings (SSSR count). The van der Waals surface area contributed by atoms with Gasteiger partial charge in [-0.2, -0.15) is 0 Å². The third-order valence-corrected chi connectivity index (χ3v) is 13.3. The fourth-order valence-corrected chi connectivity index (χ4v) is 10.3. The van der Waals surface area contributed by atoms with E-state index in [2.05, 4.69) is 132 Å². The zero-order chi connectivity index (χ0) is 42.0. The number of benzene rings is 10. The number of furan rings is 1. The number of phenols is 1. The molecule has 3 heterocycles. The smallest absolute Gasteiger partial charge is 0.166 e. The van der Waals surface area contributed by atoms with E-state index in [4.69, 9.17) is 19.4 Å². The van der Waals surface area contributed by atoms with Gasteiger partial charge in [0.15, 0.2) is 17.5 Å². The molecular formula is C58H34N4O2. The summed E-state index contributed by atoms with van der Waals surface area (Å²) in [4.78, 5) is 16.2. The summed E-state index contributed by atoms with van der Waals surface area (Å²) in [5.74, 6) is 1.88. The standard InChI is InChI=1S/C58H34N4O2/c63-49-24-8-6-17-38(49)43-32-46(55(45-31-44(43)45)62-47-22-10-19-39-36-15-4-5-16-37(36)40-20-11-23-48(62)54(40)53(39)47)58-60-56(35-29-27-34(28-30-35)33-13-2-1-3-14-33)59-57(61-58)42-21-12-26-51-52(42)41-18-7-9-25-50(41)64-51/h1-30,32,63H,31H2. The first-order chi connectivity index (χ1) is 31.7. The van der Waals surface area contributed by atoms with Gasteiger partial charge in [0.2, 0.25) is 0 Å². The fraction of sp³-hybridized carbons (Fsp3) is 0.0172. The van der Waals surface area contributed by atoms with E-state index in [1.165, 1.54) is 43.4 Å². The second-order valence-corrected chi connectivity index (χ2v) is 16.8. The van der Waals surface area contributed by atoms with Crippen molar-refractivity contribution in [2.24, 2.45) is 0 Å². The molecule has 0 saturated carbocycles. The van der Waals surface area contributed by atoms with Crippen LogP contribution in [0.1, 0.15) is 11.1 Å². The Labute approximate surface area is 366 Å². The zero-order valence-electron chi connectivity index (χ0n) is 34.2. The van der Waals surface area contributed by atoms with Gasteiger partial charge in [-0.1, -0.05) is 152 Å². The molecule has 1 aliphatic rings. The summed E-state index contributed by atoms with van der Waals surface area (Å²) in [6, 6.07) is 65.0. The molecule has 3 aromatic heterocycles. The Morgan fingerprint density at radius 1 is 0.391 bits per heavy atom. The molecule has 298 valence electrons. The minimum absolute atomic E-state index is 0.235. The lowest BCUT2D eigenvalue weighted by atomic mass is 9.95. The van der Waals surface area contributed by atoms with Crippen LogP contribution in [0.4, 0.5) is 0 Å². The molecule has 0 fully saturated rings. The lowest BCUT2D eigenvalue weighted by molar-refractivity contribution is 0.477. The Hall–Kier alpha value is -8.61. The molecule has 0 bridgehead atoms. The molecule has 0 saturated heterocycles. The first-order valence-electron chi connectivity index (χ1n) is 21.6. The van der Waals surface area contributed by atoms with E-state index in [1.807, 2.05) is 54.6 Å². The minimum atomic E-state index is 0.235. The van der Waals surface area contributed by atoms with Crippen LogP contribution in [0, 0.1) is 0 Å². The molecule has 6 nitrogen and oxygen atoms in total. The number of nitrogens with zero attached hydrogens (tertiary/aromatic N) is 4. The Morgan fingerprint density at radius 2 is 0.938 bits per heavy atom. The molecule has 1 N–H and O–H groups in total. The van der Waals surface area contributed by atoms with Crippen LogP contribution >= 0.6 is 0 Å². The lowest BCUT2D eigenvalue weighted by Crippen LogP contribution is -2.04. The van der Waals surface area contributed by atoms with E-state index < -0.39 is 0 Å². The van der Waals surface area contributed by atoms with Gasteiger partial charge in [-0.25, -0.2) is 15.0 Å². The molecule has 10 aromatic carbocycles. The van der Waals surface area contributed by atoms with Crippen LogP contribution in [0.5, 0.6) is 5.75 Å². The Morgan fingerprint density at radius 3 is 1.67 bits per heavy atom. The van der Waals surface area contributed by atoms with Crippen LogP contribution in [0.15, 0.2) is 192 Å². The maximum atomic E-state index is 11.4. The highest BCUT2D eigenvalue weighted by atomic mass is 16.3. The third kappa shape index (κ3) is 5.05. The molecule has 0 aliphatic heterocycles. The first-order valence-corrected chi connectivity index (χ1v) is 21.6. The molecule has 0 atom stereocenters. The molecule has 6 heteroatoms. The van der Waals surface area contributed by atoms with Gasteiger partial charge in [-0.3, -0.25) is 0 Å². The highest BCUT2D eigenvalue weighted by Crippen LogP contribution is 2.52. The van der Waals surface area contributed by atoms with Crippen LogP contribution in [0.2, 0.25) is 0 Å². The topological polar surface area (TPSA) is 77.0 Å². The molecule has 0 amide bonds. The summed E-state index contributed by atoms with van der Waals surface area (Å²) >= 11 is 0. The van der Waals surface area contributed by atoms with Crippen molar-refractivity contribution in [1.29, 1.82) is 0 Å².